The number of benzene rings is 2. The van der Waals surface area contributed by atoms with Crippen molar-refractivity contribution in [2.24, 2.45) is 0 Å². The van der Waals surface area contributed by atoms with Crippen LogP contribution in [0.2, 0.25) is 0 Å². The first-order chi connectivity index (χ1) is 14.0. The molecule has 4 rings (SSSR count). The van der Waals surface area contributed by atoms with Gasteiger partial charge in [0, 0.05) is 24.7 Å². The minimum absolute atomic E-state index is 0.00451. The number of H-pyrrole nitrogens is 1. The zero-order valence-electron chi connectivity index (χ0n) is 16.8. The SMILES string of the molecule is Cc1ccccc1C(=O)NC1CCN(C(C)c2nc3ccccc3c(=O)[nH]2)CC1. The van der Waals surface area contributed by atoms with Crippen molar-refractivity contribution in [2.75, 3.05) is 13.1 Å². The van der Waals surface area contributed by atoms with E-state index in [9.17, 15) is 9.59 Å². The number of piperidine rings is 1. The van der Waals surface area contributed by atoms with Crippen molar-refractivity contribution in [2.45, 2.75) is 38.8 Å². The van der Waals surface area contributed by atoms with Gasteiger partial charge in [-0.1, -0.05) is 30.3 Å². The fraction of sp³-hybridized carbons (Fsp3) is 0.348. The standard InChI is InChI=1S/C23H26N4O2/c1-15-7-3-4-8-18(15)22(28)24-17-11-13-27(14-12-17)16(2)21-25-20-10-6-5-9-19(20)23(29)26-21/h3-10,16-17H,11-14H2,1-2H3,(H,24,28)(H,25,26,29). The highest BCUT2D eigenvalue weighted by Crippen LogP contribution is 2.22. The van der Waals surface area contributed by atoms with Crippen LogP contribution in [0.4, 0.5) is 0 Å². The van der Waals surface area contributed by atoms with Crippen LogP contribution in [-0.4, -0.2) is 39.9 Å². The molecule has 0 spiro atoms. The summed E-state index contributed by atoms with van der Waals surface area (Å²) >= 11 is 0. The number of rotatable bonds is 4. The molecular formula is C23H26N4O2. The van der Waals surface area contributed by atoms with Gasteiger partial charge >= 0.3 is 0 Å². The Kier molecular flexibility index (Phi) is 5.45. The minimum atomic E-state index is -0.0992. The van der Waals surface area contributed by atoms with Gasteiger partial charge in [0.1, 0.15) is 5.82 Å². The molecule has 1 unspecified atom stereocenters. The number of carbonyl (C=O) groups excluding carboxylic acids is 1. The number of hydrogen-bond acceptors (Lipinski definition) is 4. The van der Waals surface area contributed by atoms with E-state index in [4.69, 9.17) is 0 Å². The van der Waals surface area contributed by atoms with Crippen LogP contribution in [0.5, 0.6) is 0 Å². The van der Waals surface area contributed by atoms with Gasteiger partial charge in [0.15, 0.2) is 0 Å². The monoisotopic (exact) mass is 390 g/mol. The molecule has 1 atom stereocenters. The molecule has 0 saturated carbocycles. The Morgan fingerprint density at radius 1 is 1.14 bits per heavy atom. The highest BCUT2D eigenvalue weighted by Gasteiger charge is 2.26. The lowest BCUT2D eigenvalue weighted by Gasteiger charge is -2.35. The first kappa shape index (κ1) is 19.3. The predicted octanol–water partition coefficient (Wildman–Crippen LogP) is 3.19. The molecule has 2 aromatic carbocycles. The van der Waals surface area contributed by atoms with Crippen molar-refractivity contribution < 1.29 is 4.79 Å². The lowest BCUT2D eigenvalue weighted by atomic mass is 10.0. The third-order valence-corrected chi connectivity index (χ3v) is 5.83. The number of aromatic amines is 1. The van der Waals surface area contributed by atoms with Gasteiger partial charge in [-0.3, -0.25) is 14.5 Å². The summed E-state index contributed by atoms with van der Waals surface area (Å²) in [5.41, 5.74) is 2.35. The fourth-order valence-corrected chi connectivity index (χ4v) is 4.00. The smallest absolute Gasteiger partial charge is 0.258 e. The molecule has 1 saturated heterocycles. The number of nitrogens with one attached hydrogen (secondary N) is 2. The molecular weight excluding hydrogens is 364 g/mol. The average molecular weight is 390 g/mol. The fourth-order valence-electron chi connectivity index (χ4n) is 4.00. The molecule has 1 amide bonds. The Labute approximate surface area is 170 Å². The molecule has 0 bridgehead atoms. The number of carbonyl (C=O) groups is 1. The summed E-state index contributed by atoms with van der Waals surface area (Å²) in [5, 5.41) is 3.78. The van der Waals surface area contributed by atoms with Gasteiger partial charge in [0.2, 0.25) is 0 Å². The maximum absolute atomic E-state index is 12.6. The largest absolute Gasteiger partial charge is 0.349 e. The van der Waals surface area contributed by atoms with Gasteiger partial charge in [-0.2, -0.15) is 0 Å². The first-order valence-corrected chi connectivity index (χ1v) is 10.1. The minimum Gasteiger partial charge on any atom is -0.349 e. The van der Waals surface area contributed by atoms with Crippen LogP contribution >= 0.6 is 0 Å². The lowest BCUT2D eigenvalue weighted by Crippen LogP contribution is -2.45. The van der Waals surface area contributed by atoms with Crippen LogP contribution in [0, 0.1) is 6.92 Å². The van der Waals surface area contributed by atoms with Crippen molar-refractivity contribution in [3.05, 3.63) is 75.8 Å². The second-order valence-corrected chi connectivity index (χ2v) is 7.74. The number of hydrogen-bond donors (Lipinski definition) is 2. The van der Waals surface area contributed by atoms with Crippen molar-refractivity contribution in [1.82, 2.24) is 20.2 Å². The summed E-state index contributed by atoms with van der Waals surface area (Å²) in [5.74, 6) is 0.686. The molecule has 2 heterocycles. The summed E-state index contributed by atoms with van der Waals surface area (Å²) in [6.45, 7) is 5.71. The summed E-state index contributed by atoms with van der Waals surface area (Å²) in [7, 11) is 0. The van der Waals surface area contributed by atoms with Gasteiger partial charge < -0.3 is 10.3 Å². The first-order valence-electron chi connectivity index (χ1n) is 10.1. The number of para-hydroxylation sites is 1. The van der Waals surface area contributed by atoms with Crippen LogP contribution in [0.25, 0.3) is 10.9 Å². The quantitative estimate of drug-likeness (QED) is 0.717. The van der Waals surface area contributed by atoms with E-state index < -0.39 is 0 Å². The molecule has 3 aromatic rings. The Morgan fingerprint density at radius 3 is 2.59 bits per heavy atom. The van der Waals surface area contributed by atoms with Gasteiger partial charge in [0.05, 0.1) is 16.9 Å². The highest BCUT2D eigenvalue weighted by molar-refractivity contribution is 5.95. The molecule has 0 radical (unpaired) electrons. The molecule has 1 fully saturated rings. The molecule has 2 N–H and O–H groups in total. The summed E-state index contributed by atoms with van der Waals surface area (Å²) in [4.78, 5) is 34.8. The molecule has 1 aromatic heterocycles. The lowest BCUT2D eigenvalue weighted by molar-refractivity contribution is 0.0892. The number of likely N-dealkylation sites (tertiary alicyclic amines) is 1. The summed E-state index contributed by atoms with van der Waals surface area (Å²) < 4.78 is 0. The molecule has 150 valence electrons. The zero-order valence-corrected chi connectivity index (χ0v) is 16.8. The van der Waals surface area contributed by atoms with Crippen molar-refractivity contribution in [1.29, 1.82) is 0 Å². The van der Waals surface area contributed by atoms with Crippen molar-refractivity contribution in [3.63, 3.8) is 0 Å². The molecule has 1 aliphatic heterocycles. The number of amides is 1. The maximum atomic E-state index is 12.6. The van der Waals surface area contributed by atoms with E-state index in [1.165, 1.54) is 0 Å². The maximum Gasteiger partial charge on any atom is 0.258 e. The number of aryl methyl sites for hydroxylation is 1. The molecule has 6 heteroatoms. The van der Waals surface area contributed by atoms with E-state index in [-0.39, 0.29) is 23.6 Å². The van der Waals surface area contributed by atoms with Crippen LogP contribution < -0.4 is 10.9 Å². The van der Waals surface area contributed by atoms with Gasteiger partial charge in [0.25, 0.3) is 11.5 Å². The van der Waals surface area contributed by atoms with Crippen molar-refractivity contribution in [3.8, 4) is 0 Å². The van der Waals surface area contributed by atoms with E-state index in [0.29, 0.717) is 11.2 Å². The number of nitrogens with zero attached hydrogens (tertiary/aromatic N) is 2. The number of fused-ring (bicyclic) bond motifs is 1. The van der Waals surface area contributed by atoms with Gasteiger partial charge in [-0.05, 0) is 50.5 Å². The van der Waals surface area contributed by atoms with E-state index in [0.717, 1.165) is 42.6 Å². The number of aromatic nitrogens is 2. The Balaban J connectivity index is 1.40. The highest BCUT2D eigenvalue weighted by atomic mass is 16.1. The third-order valence-electron chi connectivity index (χ3n) is 5.83. The second-order valence-electron chi connectivity index (χ2n) is 7.74. The third kappa shape index (κ3) is 4.07. The van der Waals surface area contributed by atoms with E-state index in [1.54, 1.807) is 6.07 Å². The average Bonchev–Trinajstić information content (AvgIpc) is 2.74. The Morgan fingerprint density at radius 2 is 1.83 bits per heavy atom. The Bertz CT molecular complexity index is 1080. The molecule has 29 heavy (non-hydrogen) atoms. The van der Waals surface area contributed by atoms with E-state index in [2.05, 4.69) is 27.1 Å². The molecule has 1 aliphatic rings. The summed E-state index contributed by atoms with van der Waals surface area (Å²) in [6, 6.07) is 15.2. The van der Waals surface area contributed by atoms with Gasteiger partial charge in [-0.15, -0.1) is 0 Å². The van der Waals surface area contributed by atoms with Gasteiger partial charge in [-0.25, -0.2) is 4.98 Å². The van der Waals surface area contributed by atoms with Crippen LogP contribution in [0.1, 0.15) is 47.6 Å². The van der Waals surface area contributed by atoms with E-state index >= 15 is 0 Å². The summed E-state index contributed by atoms with van der Waals surface area (Å²) in [6.07, 6.45) is 1.75. The van der Waals surface area contributed by atoms with Crippen molar-refractivity contribution >= 4 is 16.8 Å². The van der Waals surface area contributed by atoms with Crippen LogP contribution in [0.15, 0.2) is 53.3 Å². The topological polar surface area (TPSA) is 78.1 Å². The van der Waals surface area contributed by atoms with E-state index in [1.807, 2.05) is 49.4 Å². The van der Waals surface area contributed by atoms with Crippen LogP contribution in [-0.2, 0) is 0 Å². The molecule has 6 nitrogen and oxygen atoms in total. The molecule has 0 aliphatic carbocycles. The second kappa shape index (κ2) is 8.17. The predicted molar refractivity (Wildman–Crippen MR) is 114 cm³/mol. The van der Waals surface area contributed by atoms with Crippen LogP contribution in [0.3, 0.4) is 0 Å². The Hall–Kier alpha value is -2.99. The zero-order chi connectivity index (χ0) is 20.4. The normalized spacial score (nSPS) is 16.6.